The van der Waals surface area contributed by atoms with Crippen LogP contribution in [-0.2, 0) is 10.0 Å². The van der Waals surface area contributed by atoms with Crippen molar-refractivity contribution in [2.75, 3.05) is 6.54 Å². The molecule has 0 radical (unpaired) electrons. The minimum Gasteiger partial charge on any atom is -0.389 e. The number of sulfonamides is 1. The maximum Gasteiger partial charge on any atom is 0.240 e. The Labute approximate surface area is 125 Å². The second-order valence-electron chi connectivity index (χ2n) is 5.51. The van der Waals surface area contributed by atoms with Gasteiger partial charge in [0.1, 0.15) is 4.99 Å². The van der Waals surface area contributed by atoms with Crippen molar-refractivity contribution in [2.45, 2.75) is 31.6 Å². The molecule has 3 N–H and O–H groups in total. The van der Waals surface area contributed by atoms with Crippen LogP contribution in [0.1, 0.15) is 30.9 Å². The summed E-state index contributed by atoms with van der Waals surface area (Å²) < 4.78 is 27.2. The van der Waals surface area contributed by atoms with Gasteiger partial charge >= 0.3 is 0 Å². The van der Waals surface area contributed by atoms with Crippen molar-refractivity contribution >= 4 is 27.2 Å². The fourth-order valence-corrected chi connectivity index (χ4v) is 3.69. The summed E-state index contributed by atoms with van der Waals surface area (Å²) >= 11 is 4.92. The topological polar surface area (TPSA) is 72.2 Å². The summed E-state index contributed by atoms with van der Waals surface area (Å²) in [5, 5.41) is 0. The molecule has 0 heterocycles. The number of rotatable bonds is 6. The van der Waals surface area contributed by atoms with Crippen molar-refractivity contribution in [1.29, 1.82) is 0 Å². The molecule has 0 bridgehead atoms. The van der Waals surface area contributed by atoms with Crippen LogP contribution in [0.25, 0.3) is 0 Å². The van der Waals surface area contributed by atoms with E-state index in [0.29, 0.717) is 23.9 Å². The van der Waals surface area contributed by atoms with Crippen molar-refractivity contribution in [3.8, 4) is 0 Å². The lowest BCUT2D eigenvalue weighted by Gasteiger charge is -2.13. The number of nitrogens with two attached hydrogens (primary N) is 1. The van der Waals surface area contributed by atoms with Crippen LogP contribution >= 0.6 is 12.2 Å². The first-order valence-corrected chi connectivity index (χ1v) is 8.60. The molecule has 1 fully saturated rings. The normalized spacial score (nSPS) is 16.9. The highest BCUT2D eigenvalue weighted by Crippen LogP contribution is 2.36. The van der Waals surface area contributed by atoms with Gasteiger partial charge < -0.3 is 5.73 Å². The first-order valence-electron chi connectivity index (χ1n) is 6.71. The Morgan fingerprint density at radius 3 is 2.65 bits per heavy atom. The number of benzene rings is 1. The number of aryl methyl sites for hydroxylation is 1. The molecule has 0 aliphatic heterocycles. The zero-order valence-electron chi connectivity index (χ0n) is 11.7. The van der Waals surface area contributed by atoms with Crippen molar-refractivity contribution in [1.82, 2.24) is 4.72 Å². The molecular formula is C14H20N2O2S2. The summed E-state index contributed by atoms with van der Waals surface area (Å²) in [5.41, 5.74) is 7.07. The Bertz CT molecular complexity index is 622. The Morgan fingerprint density at radius 2 is 2.15 bits per heavy atom. The minimum atomic E-state index is -3.46. The van der Waals surface area contributed by atoms with Crippen LogP contribution in [0, 0.1) is 18.8 Å². The van der Waals surface area contributed by atoms with Gasteiger partial charge in [0.2, 0.25) is 10.0 Å². The number of hydrogen-bond donors (Lipinski definition) is 2. The second kappa shape index (κ2) is 5.79. The molecule has 6 heteroatoms. The summed E-state index contributed by atoms with van der Waals surface area (Å²) in [6.45, 7) is 4.38. The molecule has 1 aromatic carbocycles. The van der Waals surface area contributed by atoms with Crippen molar-refractivity contribution in [2.24, 2.45) is 17.6 Å². The van der Waals surface area contributed by atoms with E-state index in [2.05, 4.69) is 11.6 Å². The molecule has 1 saturated carbocycles. The molecule has 0 aromatic heterocycles. The van der Waals surface area contributed by atoms with Crippen molar-refractivity contribution < 1.29 is 8.42 Å². The lowest BCUT2D eigenvalue weighted by atomic mass is 10.1. The van der Waals surface area contributed by atoms with E-state index in [1.165, 1.54) is 12.8 Å². The van der Waals surface area contributed by atoms with Crippen LogP contribution in [0.4, 0.5) is 0 Å². The minimum absolute atomic E-state index is 0.262. The van der Waals surface area contributed by atoms with E-state index in [1.807, 2.05) is 0 Å². The molecule has 1 aromatic rings. The van der Waals surface area contributed by atoms with Crippen LogP contribution in [0.15, 0.2) is 23.1 Å². The van der Waals surface area contributed by atoms with Gasteiger partial charge in [-0.15, -0.1) is 0 Å². The van der Waals surface area contributed by atoms with Crippen LogP contribution in [0.2, 0.25) is 0 Å². The standard InChI is InChI=1S/C14H20N2O2S2/c1-9-7-12(5-6-13(9)14(15)19)20(17,18)16-8-10(2)11-3-4-11/h5-7,10-11,16H,3-4,8H2,1-2H3,(H2,15,19). The summed E-state index contributed by atoms with van der Waals surface area (Å²) in [6, 6.07) is 4.82. The van der Waals surface area contributed by atoms with Gasteiger partial charge in [0.05, 0.1) is 4.90 Å². The van der Waals surface area contributed by atoms with Gasteiger partial charge in [0, 0.05) is 12.1 Å². The van der Waals surface area contributed by atoms with Gasteiger partial charge in [-0.25, -0.2) is 13.1 Å². The molecule has 1 unspecified atom stereocenters. The third kappa shape index (κ3) is 3.56. The van der Waals surface area contributed by atoms with Gasteiger partial charge in [-0.2, -0.15) is 0 Å². The average molecular weight is 312 g/mol. The lowest BCUT2D eigenvalue weighted by Crippen LogP contribution is -2.29. The Kier molecular flexibility index (Phi) is 4.46. The third-order valence-electron chi connectivity index (χ3n) is 3.80. The predicted octanol–water partition coefficient (Wildman–Crippen LogP) is 1.95. The van der Waals surface area contributed by atoms with Gasteiger partial charge in [-0.1, -0.05) is 25.2 Å². The third-order valence-corrected chi connectivity index (χ3v) is 5.44. The first kappa shape index (κ1) is 15.4. The van der Waals surface area contributed by atoms with E-state index >= 15 is 0 Å². The van der Waals surface area contributed by atoms with Gasteiger partial charge in [0.15, 0.2) is 0 Å². The molecule has 110 valence electrons. The highest BCUT2D eigenvalue weighted by molar-refractivity contribution is 7.89. The summed E-state index contributed by atoms with van der Waals surface area (Å²) in [4.78, 5) is 0.541. The fourth-order valence-electron chi connectivity index (χ4n) is 2.24. The molecule has 2 rings (SSSR count). The smallest absolute Gasteiger partial charge is 0.240 e. The fraction of sp³-hybridized carbons (Fsp3) is 0.500. The summed E-state index contributed by atoms with van der Waals surface area (Å²) in [5.74, 6) is 1.07. The molecule has 4 nitrogen and oxygen atoms in total. The predicted molar refractivity (Wildman–Crippen MR) is 84.1 cm³/mol. The van der Waals surface area contributed by atoms with Crippen LogP contribution in [0.5, 0.6) is 0 Å². The van der Waals surface area contributed by atoms with E-state index in [-0.39, 0.29) is 9.88 Å². The van der Waals surface area contributed by atoms with Crippen molar-refractivity contribution in [3.63, 3.8) is 0 Å². The molecule has 0 amide bonds. The largest absolute Gasteiger partial charge is 0.389 e. The second-order valence-corrected chi connectivity index (χ2v) is 7.71. The molecule has 1 aliphatic carbocycles. The van der Waals surface area contributed by atoms with Crippen LogP contribution in [0.3, 0.4) is 0 Å². The van der Waals surface area contributed by atoms with Gasteiger partial charge in [0.25, 0.3) is 0 Å². The maximum atomic E-state index is 12.2. The highest BCUT2D eigenvalue weighted by atomic mass is 32.2. The van der Waals surface area contributed by atoms with E-state index in [9.17, 15) is 8.42 Å². The molecule has 1 aliphatic rings. The monoisotopic (exact) mass is 312 g/mol. The van der Waals surface area contributed by atoms with Crippen molar-refractivity contribution in [3.05, 3.63) is 29.3 Å². The first-order chi connectivity index (χ1) is 9.31. The SMILES string of the molecule is Cc1cc(S(=O)(=O)NCC(C)C2CC2)ccc1C(N)=S. The number of thiocarbonyl (C=S) groups is 1. The zero-order chi connectivity index (χ0) is 14.9. The summed E-state index contributed by atoms with van der Waals surface area (Å²) in [6.07, 6.45) is 2.43. The average Bonchev–Trinajstić information content (AvgIpc) is 3.19. The number of hydrogen-bond acceptors (Lipinski definition) is 3. The van der Waals surface area contributed by atoms with E-state index in [1.54, 1.807) is 25.1 Å². The van der Waals surface area contributed by atoms with E-state index in [4.69, 9.17) is 18.0 Å². The molecular weight excluding hydrogens is 292 g/mol. The Morgan fingerprint density at radius 1 is 1.50 bits per heavy atom. The Balaban J connectivity index is 2.12. The Hall–Kier alpha value is -0.980. The van der Waals surface area contributed by atoms with Gasteiger partial charge in [-0.3, -0.25) is 0 Å². The molecule has 20 heavy (non-hydrogen) atoms. The van der Waals surface area contributed by atoms with Crippen LogP contribution < -0.4 is 10.5 Å². The lowest BCUT2D eigenvalue weighted by molar-refractivity contribution is 0.492. The van der Waals surface area contributed by atoms with Crippen LogP contribution in [-0.4, -0.2) is 20.0 Å². The molecule has 1 atom stereocenters. The molecule has 0 spiro atoms. The van der Waals surface area contributed by atoms with E-state index in [0.717, 1.165) is 5.56 Å². The quantitative estimate of drug-likeness (QED) is 0.788. The summed E-state index contributed by atoms with van der Waals surface area (Å²) in [7, 11) is -3.46. The molecule has 0 saturated heterocycles. The zero-order valence-corrected chi connectivity index (χ0v) is 13.4. The van der Waals surface area contributed by atoms with E-state index < -0.39 is 10.0 Å². The highest BCUT2D eigenvalue weighted by Gasteiger charge is 2.28. The number of nitrogens with one attached hydrogen (secondary N) is 1. The van der Waals surface area contributed by atoms with Gasteiger partial charge in [-0.05, 0) is 49.3 Å². The maximum absolute atomic E-state index is 12.2.